The van der Waals surface area contributed by atoms with Gasteiger partial charge in [-0.3, -0.25) is 9.59 Å². The molecule has 0 saturated heterocycles. The Bertz CT molecular complexity index is 258. The molecular weight excluding hydrogens is 220 g/mol. The number of carboxylic acid groups (broad SMARTS) is 1. The van der Waals surface area contributed by atoms with E-state index in [0.29, 0.717) is 0 Å². The van der Waals surface area contributed by atoms with Crippen molar-refractivity contribution in [3.05, 3.63) is 12.2 Å². The van der Waals surface area contributed by atoms with Gasteiger partial charge in [0.1, 0.15) is 0 Å². The van der Waals surface area contributed by atoms with E-state index in [1.54, 1.807) is 6.08 Å². The van der Waals surface area contributed by atoms with Crippen molar-refractivity contribution in [2.45, 2.75) is 45.4 Å². The second-order valence-electron chi connectivity index (χ2n) is 4.01. The zero-order valence-electron chi connectivity index (χ0n) is 10.6. The lowest BCUT2D eigenvalue weighted by Gasteiger charge is -2.07. The van der Waals surface area contributed by atoms with E-state index < -0.39 is 17.9 Å². The highest BCUT2D eigenvalue weighted by Gasteiger charge is 2.18. The van der Waals surface area contributed by atoms with Gasteiger partial charge in [-0.1, -0.05) is 38.3 Å². The number of aliphatic carboxylic acids is 1. The van der Waals surface area contributed by atoms with Crippen LogP contribution in [-0.4, -0.2) is 24.2 Å². The molecule has 0 aliphatic heterocycles. The second kappa shape index (κ2) is 9.87. The van der Waals surface area contributed by atoms with Crippen molar-refractivity contribution in [3.8, 4) is 0 Å². The Morgan fingerprint density at radius 3 is 2.53 bits per heavy atom. The van der Waals surface area contributed by atoms with Gasteiger partial charge in [-0.15, -0.1) is 0 Å². The molecule has 0 saturated carbocycles. The van der Waals surface area contributed by atoms with Crippen LogP contribution >= 0.6 is 0 Å². The highest BCUT2D eigenvalue weighted by molar-refractivity contribution is 5.80. The summed E-state index contributed by atoms with van der Waals surface area (Å²) < 4.78 is 4.56. The molecule has 0 radical (unpaired) electrons. The van der Waals surface area contributed by atoms with E-state index in [9.17, 15) is 9.59 Å². The first-order chi connectivity index (χ1) is 8.11. The van der Waals surface area contributed by atoms with Crippen LogP contribution in [0.4, 0.5) is 0 Å². The molecule has 0 aliphatic rings. The molecule has 0 spiro atoms. The van der Waals surface area contributed by atoms with Gasteiger partial charge in [0.15, 0.2) is 0 Å². The first kappa shape index (κ1) is 15.7. The third-order valence-corrected chi connectivity index (χ3v) is 2.49. The number of ether oxygens (including phenoxy) is 1. The fourth-order valence-corrected chi connectivity index (χ4v) is 1.52. The number of methoxy groups -OCH3 is 1. The number of carboxylic acids is 1. The number of hydrogen-bond acceptors (Lipinski definition) is 3. The number of esters is 1. The van der Waals surface area contributed by atoms with Gasteiger partial charge >= 0.3 is 11.9 Å². The van der Waals surface area contributed by atoms with Crippen LogP contribution in [0.2, 0.25) is 0 Å². The van der Waals surface area contributed by atoms with E-state index in [1.807, 2.05) is 6.08 Å². The molecule has 17 heavy (non-hydrogen) atoms. The fourth-order valence-electron chi connectivity index (χ4n) is 1.52. The van der Waals surface area contributed by atoms with Crippen molar-refractivity contribution in [1.82, 2.24) is 0 Å². The zero-order chi connectivity index (χ0) is 13.1. The van der Waals surface area contributed by atoms with Crippen LogP contribution in [0.15, 0.2) is 12.2 Å². The summed E-state index contributed by atoms with van der Waals surface area (Å²) in [7, 11) is 1.27. The quantitative estimate of drug-likeness (QED) is 0.383. The predicted molar refractivity (Wildman–Crippen MR) is 65.7 cm³/mol. The number of rotatable bonds is 9. The molecule has 0 aromatic carbocycles. The Kier molecular flexibility index (Phi) is 9.11. The first-order valence-electron chi connectivity index (χ1n) is 6.08. The lowest BCUT2D eigenvalue weighted by Crippen LogP contribution is -2.17. The third kappa shape index (κ3) is 8.48. The molecule has 1 unspecified atom stereocenters. The summed E-state index contributed by atoms with van der Waals surface area (Å²) >= 11 is 0. The van der Waals surface area contributed by atoms with E-state index in [2.05, 4.69) is 11.7 Å². The average molecular weight is 242 g/mol. The molecule has 0 aromatic rings. The largest absolute Gasteiger partial charge is 0.481 e. The highest BCUT2D eigenvalue weighted by atomic mass is 16.5. The van der Waals surface area contributed by atoms with Crippen molar-refractivity contribution in [3.63, 3.8) is 0 Å². The Hall–Kier alpha value is -1.32. The molecule has 0 aromatic heterocycles. The number of allylic oxidation sites excluding steroid dienone is 1. The molecule has 1 atom stereocenters. The smallest absolute Gasteiger partial charge is 0.313 e. The molecule has 0 amide bonds. The molecule has 4 heteroatoms. The SMILES string of the molecule is CCCCCCC=CC(CC(=O)O)C(=O)OC. The summed E-state index contributed by atoms with van der Waals surface area (Å²) in [6.45, 7) is 2.15. The van der Waals surface area contributed by atoms with Crippen LogP contribution in [0.5, 0.6) is 0 Å². The summed E-state index contributed by atoms with van der Waals surface area (Å²) in [5.74, 6) is -2.14. The van der Waals surface area contributed by atoms with Gasteiger partial charge in [-0.05, 0) is 12.8 Å². The minimum atomic E-state index is -0.990. The molecule has 0 fully saturated rings. The van der Waals surface area contributed by atoms with Gasteiger partial charge in [0.2, 0.25) is 0 Å². The Morgan fingerprint density at radius 1 is 1.29 bits per heavy atom. The first-order valence-corrected chi connectivity index (χ1v) is 6.08. The van der Waals surface area contributed by atoms with Gasteiger partial charge < -0.3 is 9.84 Å². The maximum Gasteiger partial charge on any atom is 0.313 e. The minimum absolute atomic E-state index is 0.210. The molecule has 0 bridgehead atoms. The molecule has 0 heterocycles. The van der Waals surface area contributed by atoms with Crippen LogP contribution in [0.3, 0.4) is 0 Å². The topological polar surface area (TPSA) is 63.6 Å². The number of carbonyl (C=O) groups excluding carboxylic acids is 1. The molecule has 0 aliphatic carbocycles. The fraction of sp³-hybridized carbons (Fsp3) is 0.692. The maximum absolute atomic E-state index is 11.3. The van der Waals surface area contributed by atoms with Crippen LogP contribution in [0.25, 0.3) is 0 Å². The summed E-state index contributed by atoms with van der Waals surface area (Å²) in [5.41, 5.74) is 0. The highest BCUT2D eigenvalue weighted by Crippen LogP contribution is 2.10. The standard InChI is InChI=1S/C13H22O4/c1-3-4-5-6-7-8-9-11(10-12(14)15)13(16)17-2/h8-9,11H,3-7,10H2,1-2H3,(H,14,15). The van der Waals surface area contributed by atoms with Gasteiger partial charge in [-0.25, -0.2) is 0 Å². The van der Waals surface area contributed by atoms with E-state index in [1.165, 1.54) is 26.4 Å². The third-order valence-electron chi connectivity index (χ3n) is 2.49. The maximum atomic E-state index is 11.3. The lowest BCUT2D eigenvalue weighted by molar-refractivity contribution is -0.148. The number of unbranched alkanes of at least 4 members (excludes halogenated alkanes) is 4. The summed E-state index contributed by atoms with van der Waals surface area (Å²) in [6.07, 6.45) is 8.84. The monoisotopic (exact) mass is 242 g/mol. The van der Waals surface area contributed by atoms with Gasteiger partial charge in [-0.2, -0.15) is 0 Å². The van der Waals surface area contributed by atoms with Crippen molar-refractivity contribution >= 4 is 11.9 Å². The summed E-state index contributed by atoms with van der Waals surface area (Å²) in [6, 6.07) is 0. The Morgan fingerprint density at radius 2 is 2.00 bits per heavy atom. The molecule has 98 valence electrons. The van der Waals surface area contributed by atoms with Crippen LogP contribution < -0.4 is 0 Å². The summed E-state index contributed by atoms with van der Waals surface area (Å²) in [5, 5.41) is 8.66. The number of carbonyl (C=O) groups is 2. The van der Waals surface area contributed by atoms with E-state index in [4.69, 9.17) is 5.11 Å². The normalized spacial score (nSPS) is 12.6. The average Bonchev–Trinajstić information content (AvgIpc) is 2.30. The molecule has 4 nitrogen and oxygen atoms in total. The minimum Gasteiger partial charge on any atom is -0.481 e. The van der Waals surface area contributed by atoms with Gasteiger partial charge in [0, 0.05) is 0 Å². The van der Waals surface area contributed by atoms with Gasteiger partial charge in [0.25, 0.3) is 0 Å². The Balaban J connectivity index is 4.01. The van der Waals surface area contributed by atoms with Crippen molar-refractivity contribution < 1.29 is 19.4 Å². The van der Waals surface area contributed by atoms with Crippen molar-refractivity contribution in [1.29, 1.82) is 0 Å². The van der Waals surface area contributed by atoms with Crippen molar-refractivity contribution in [2.24, 2.45) is 5.92 Å². The molecule has 1 N–H and O–H groups in total. The van der Waals surface area contributed by atoms with Gasteiger partial charge in [0.05, 0.1) is 19.4 Å². The van der Waals surface area contributed by atoms with Crippen molar-refractivity contribution in [2.75, 3.05) is 7.11 Å². The summed E-state index contributed by atoms with van der Waals surface area (Å²) in [4.78, 5) is 21.8. The number of hydrogen-bond donors (Lipinski definition) is 1. The zero-order valence-corrected chi connectivity index (χ0v) is 10.6. The predicted octanol–water partition coefficient (Wildman–Crippen LogP) is 2.78. The van der Waals surface area contributed by atoms with E-state index >= 15 is 0 Å². The van der Waals surface area contributed by atoms with Crippen LogP contribution in [0, 0.1) is 5.92 Å². The van der Waals surface area contributed by atoms with Crippen LogP contribution in [-0.2, 0) is 14.3 Å². The van der Waals surface area contributed by atoms with E-state index in [-0.39, 0.29) is 6.42 Å². The Labute approximate surface area is 103 Å². The van der Waals surface area contributed by atoms with Crippen LogP contribution in [0.1, 0.15) is 45.4 Å². The van der Waals surface area contributed by atoms with E-state index in [0.717, 1.165) is 12.8 Å². The molecule has 0 rings (SSSR count). The molecular formula is C13H22O4. The second-order valence-corrected chi connectivity index (χ2v) is 4.01. The lowest BCUT2D eigenvalue weighted by atomic mass is 10.0.